The second kappa shape index (κ2) is 8.31. The van der Waals surface area contributed by atoms with Crippen LogP contribution in [0.15, 0.2) is 66.0 Å². The van der Waals surface area contributed by atoms with Crippen LogP contribution in [0.3, 0.4) is 0 Å². The van der Waals surface area contributed by atoms with Crippen molar-refractivity contribution >= 4 is 28.2 Å². The zero-order valence-corrected chi connectivity index (χ0v) is 14.9. The van der Waals surface area contributed by atoms with Crippen LogP contribution in [0.1, 0.15) is 10.4 Å². The number of anilines is 1. The predicted molar refractivity (Wildman–Crippen MR) is 102 cm³/mol. The molecule has 1 amide bonds. The first-order valence-electron chi connectivity index (χ1n) is 7.92. The highest BCUT2D eigenvalue weighted by Gasteiger charge is 2.22. The Hall–Kier alpha value is -3.12. The summed E-state index contributed by atoms with van der Waals surface area (Å²) < 4.78 is 10.3. The standard InChI is InChI=1S/C20H17NO4S/c1-24-20(23)18-16(14-8-4-2-5-9-14)13-26-19(18)21-17(22)12-25-15-10-6-3-7-11-15/h2-11,13H,12H2,1H3,(H,21,22). The van der Waals surface area contributed by atoms with Gasteiger partial charge in [-0.1, -0.05) is 48.5 Å². The number of rotatable bonds is 6. The number of amides is 1. The van der Waals surface area contributed by atoms with E-state index in [4.69, 9.17) is 9.47 Å². The van der Waals surface area contributed by atoms with Gasteiger partial charge in [-0.25, -0.2) is 4.79 Å². The van der Waals surface area contributed by atoms with Gasteiger partial charge in [-0.05, 0) is 17.7 Å². The van der Waals surface area contributed by atoms with E-state index < -0.39 is 5.97 Å². The van der Waals surface area contributed by atoms with Crippen molar-refractivity contribution in [3.8, 4) is 16.9 Å². The van der Waals surface area contributed by atoms with Gasteiger partial charge in [0.2, 0.25) is 0 Å². The summed E-state index contributed by atoms with van der Waals surface area (Å²) in [6, 6.07) is 18.5. The van der Waals surface area contributed by atoms with Crippen LogP contribution in [0.2, 0.25) is 0 Å². The molecule has 5 nitrogen and oxygen atoms in total. The van der Waals surface area contributed by atoms with Crippen molar-refractivity contribution in [2.45, 2.75) is 0 Å². The molecule has 1 heterocycles. The minimum Gasteiger partial charge on any atom is -0.484 e. The normalized spacial score (nSPS) is 10.2. The molecule has 0 aliphatic rings. The van der Waals surface area contributed by atoms with Crippen molar-refractivity contribution in [3.63, 3.8) is 0 Å². The Balaban J connectivity index is 1.78. The lowest BCUT2D eigenvalue weighted by atomic mass is 10.0. The van der Waals surface area contributed by atoms with E-state index >= 15 is 0 Å². The van der Waals surface area contributed by atoms with E-state index in [0.29, 0.717) is 16.3 Å². The number of para-hydroxylation sites is 1. The lowest BCUT2D eigenvalue weighted by molar-refractivity contribution is -0.118. The second-order valence-corrected chi connectivity index (χ2v) is 6.24. The van der Waals surface area contributed by atoms with Crippen molar-refractivity contribution < 1.29 is 19.1 Å². The number of carbonyl (C=O) groups is 2. The number of esters is 1. The molecular weight excluding hydrogens is 350 g/mol. The molecule has 0 aliphatic heterocycles. The SMILES string of the molecule is COC(=O)c1c(-c2ccccc2)csc1NC(=O)COc1ccccc1. The van der Waals surface area contributed by atoms with Gasteiger partial charge >= 0.3 is 5.97 Å². The molecule has 0 radical (unpaired) electrons. The summed E-state index contributed by atoms with van der Waals surface area (Å²) in [7, 11) is 1.32. The third-order valence-corrected chi connectivity index (χ3v) is 4.53. The highest BCUT2D eigenvalue weighted by atomic mass is 32.1. The van der Waals surface area contributed by atoms with Crippen LogP contribution >= 0.6 is 11.3 Å². The molecule has 0 aliphatic carbocycles. The van der Waals surface area contributed by atoms with Gasteiger partial charge in [0.15, 0.2) is 6.61 Å². The van der Waals surface area contributed by atoms with Gasteiger partial charge < -0.3 is 14.8 Å². The van der Waals surface area contributed by atoms with Crippen LogP contribution in [0.4, 0.5) is 5.00 Å². The van der Waals surface area contributed by atoms with Gasteiger partial charge in [-0.15, -0.1) is 11.3 Å². The topological polar surface area (TPSA) is 64.6 Å². The number of thiophene rings is 1. The summed E-state index contributed by atoms with van der Waals surface area (Å²) in [4.78, 5) is 24.5. The Morgan fingerprint density at radius 3 is 2.31 bits per heavy atom. The van der Waals surface area contributed by atoms with E-state index in [9.17, 15) is 9.59 Å². The summed E-state index contributed by atoms with van der Waals surface area (Å²) in [5.41, 5.74) is 1.95. The molecule has 0 unspecified atom stereocenters. The fraction of sp³-hybridized carbons (Fsp3) is 0.100. The van der Waals surface area contributed by atoms with E-state index in [0.717, 1.165) is 11.1 Å². The third kappa shape index (κ3) is 4.10. The summed E-state index contributed by atoms with van der Waals surface area (Å²) in [5, 5.41) is 5.01. The molecule has 0 spiro atoms. The molecule has 3 rings (SSSR count). The van der Waals surface area contributed by atoms with Gasteiger partial charge in [0.1, 0.15) is 16.3 Å². The average molecular weight is 367 g/mol. The lowest BCUT2D eigenvalue weighted by Crippen LogP contribution is -2.21. The van der Waals surface area contributed by atoms with Crippen LogP contribution < -0.4 is 10.1 Å². The number of ether oxygens (including phenoxy) is 2. The monoisotopic (exact) mass is 367 g/mol. The van der Waals surface area contributed by atoms with Gasteiger partial charge in [0.25, 0.3) is 5.91 Å². The van der Waals surface area contributed by atoms with Crippen molar-refractivity contribution in [2.24, 2.45) is 0 Å². The molecule has 26 heavy (non-hydrogen) atoms. The molecule has 2 aromatic carbocycles. The van der Waals surface area contributed by atoms with Crippen molar-refractivity contribution in [1.29, 1.82) is 0 Å². The predicted octanol–water partition coefficient (Wildman–Crippen LogP) is 4.22. The Morgan fingerprint density at radius 2 is 1.65 bits per heavy atom. The van der Waals surface area contributed by atoms with Gasteiger partial charge in [-0.3, -0.25) is 4.79 Å². The van der Waals surface area contributed by atoms with E-state index in [1.807, 2.05) is 53.9 Å². The highest BCUT2D eigenvalue weighted by molar-refractivity contribution is 7.15. The van der Waals surface area contributed by atoms with Crippen molar-refractivity contribution in [1.82, 2.24) is 0 Å². The first-order chi connectivity index (χ1) is 12.7. The Labute approximate surface area is 155 Å². The van der Waals surface area contributed by atoms with Crippen LogP contribution in [-0.4, -0.2) is 25.6 Å². The number of methoxy groups -OCH3 is 1. The number of nitrogens with one attached hydrogen (secondary N) is 1. The average Bonchev–Trinajstić information content (AvgIpc) is 3.10. The van der Waals surface area contributed by atoms with Crippen LogP contribution in [0.5, 0.6) is 5.75 Å². The summed E-state index contributed by atoms with van der Waals surface area (Å²) >= 11 is 1.28. The molecule has 0 saturated carbocycles. The molecule has 0 fully saturated rings. The molecule has 0 bridgehead atoms. The number of hydrogen-bond acceptors (Lipinski definition) is 5. The first-order valence-corrected chi connectivity index (χ1v) is 8.80. The number of hydrogen-bond donors (Lipinski definition) is 1. The van der Waals surface area contributed by atoms with E-state index in [1.54, 1.807) is 12.1 Å². The first kappa shape index (κ1) is 17.7. The molecule has 6 heteroatoms. The van der Waals surface area contributed by atoms with Crippen LogP contribution in [0.25, 0.3) is 11.1 Å². The largest absolute Gasteiger partial charge is 0.484 e. The van der Waals surface area contributed by atoms with Crippen molar-refractivity contribution in [3.05, 3.63) is 71.6 Å². The zero-order valence-electron chi connectivity index (χ0n) is 14.1. The van der Waals surface area contributed by atoms with Crippen LogP contribution in [0, 0.1) is 0 Å². The molecule has 1 N–H and O–H groups in total. The van der Waals surface area contributed by atoms with Crippen molar-refractivity contribution in [2.75, 3.05) is 19.0 Å². The number of carbonyl (C=O) groups excluding carboxylic acids is 2. The van der Waals surface area contributed by atoms with E-state index in [2.05, 4.69) is 5.32 Å². The van der Waals surface area contributed by atoms with Crippen LogP contribution in [-0.2, 0) is 9.53 Å². The van der Waals surface area contributed by atoms with Gasteiger partial charge in [0.05, 0.1) is 7.11 Å². The molecular formula is C20H17NO4S. The molecule has 132 valence electrons. The fourth-order valence-corrected chi connectivity index (χ4v) is 3.39. The summed E-state index contributed by atoms with van der Waals surface area (Å²) in [5.74, 6) is -0.239. The molecule has 0 atom stereocenters. The number of benzene rings is 2. The Bertz CT molecular complexity index is 891. The molecule has 3 aromatic rings. The Kier molecular flexibility index (Phi) is 5.66. The minimum atomic E-state index is -0.496. The second-order valence-electron chi connectivity index (χ2n) is 5.36. The summed E-state index contributed by atoms with van der Waals surface area (Å²) in [6.45, 7) is -0.150. The maximum atomic E-state index is 12.3. The van der Waals surface area contributed by atoms with E-state index in [1.165, 1.54) is 18.4 Å². The zero-order chi connectivity index (χ0) is 18.4. The summed E-state index contributed by atoms with van der Waals surface area (Å²) in [6.07, 6.45) is 0. The smallest absolute Gasteiger partial charge is 0.341 e. The lowest BCUT2D eigenvalue weighted by Gasteiger charge is -2.09. The highest BCUT2D eigenvalue weighted by Crippen LogP contribution is 2.36. The third-order valence-electron chi connectivity index (χ3n) is 3.63. The van der Waals surface area contributed by atoms with Gasteiger partial charge in [-0.2, -0.15) is 0 Å². The maximum Gasteiger partial charge on any atom is 0.341 e. The minimum absolute atomic E-state index is 0.150. The van der Waals surface area contributed by atoms with Gasteiger partial charge in [0, 0.05) is 10.9 Å². The fourth-order valence-electron chi connectivity index (χ4n) is 2.41. The Morgan fingerprint density at radius 1 is 1.00 bits per heavy atom. The maximum absolute atomic E-state index is 12.3. The molecule has 1 aromatic heterocycles. The quantitative estimate of drug-likeness (QED) is 0.663. The molecule has 0 saturated heterocycles. The van der Waals surface area contributed by atoms with E-state index in [-0.39, 0.29) is 12.5 Å².